The molecule has 0 saturated heterocycles. The monoisotopic (exact) mass is 344 g/mol. The summed E-state index contributed by atoms with van der Waals surface area (Å²) < 4.78 is 11.0. The fourth-order valence-corrected chi connectivity index (χ4v) is 2.54. The van der Waals surface area contributed by atoms with Crippen molar-refractivity contribution in [3.05, 3.63) is 59.7 Å². The molecule has 2 rings (SSSR count). The van der Waals surface area contributed by atoms with Crippen molar-refractivity contribution in [2.24, 2.45) is 0 Å². The Balaban J connectivity index is 2.09. The molecular weight excluding hydrogens is 316 g/mol. The van der Waals surface area contributed by atoms with Gasteiger partial charge in [0, 0.05) is 5.41 Å². The molecule has 0 aliphatic heterocycles. The van der Waals surface area contributed by atoms with Crippen LogP contribution in [0.3, 0.4) is 0 Å². The molecule has 0 radical (unpaired) electrons. The van der Waals surface area contributed by atoms with Crippen LogP contribution in [0.25, 0.3) is 0 Å². The van der Waals surface area contributed by atoms with Crippen LogP contribution in [0.15, 0.2) is 48.5 Å². The maximum Gasteiger partial charge on any atom is 0.119 e. The number of aliphatic hydroxyl groups excluding tert-OH is 2. The van der Waals surface area contributed by atoms with Gasteiger partial charge in [-0.25, -0.2) is 0 Å². The molecule has 0 aliphatic rings. The lowest BCUT2D eigenvalue weighted by Crippen LogP contribution is -2.19. The van der Waals surface area contributed by atoms with Crippen LogP contribution in [-0.2, 0) is 5.41 Å². The van der Waals surface area contributed by atoms with Crippen LogP contribution >= 0.6 is 0 Å². The van der Waals surface area contributed by atoms with E-state index in [9.17, 15) is 10.2 Å². The van der Waals surface area contributed by atoms with Crippen LogP contribution in [0.4, 0.5) is 0 Å². The number of hydrogen-bond acceptors (Lipinski definition) is 4. The Hall–Kier alpha value is -2.04. The largest absolute Gasteiger partial charge is 0.491 e. The van der Waals surface area contributed by atoms with Crippen LogP contribution < -0.4 is 9.47 Å². The van der Waals surface area contributed by atoms with Gasteiger partial charge >= 0.3 is 0 Å². The smallest absolute Gasteiger partial charge is 0.119 e. The number of hydrogen-bond donors (Lipinski definition) is 2. The third-order valence-electron chi connectivity index (χ3n) is 4.13. The lowest BCUT2D eigenvalue weighted by atomic mass is 9.78. The molecule has 0 spiro atoms. The first kappa shape index (κ1) is 19.3. The van der Waals surface area contributed by atoms with Crippen molar-refractivity contribution in [1.82, 2.24) is 0 Å². The lowest BCUT2D eigenvalue weighted by Gasteiger charge is -2.26. The Morgan fingerprint density at radius 2 is 1.04 bits per heavy atom. The summed E-state index contributed by atoms with van der Waals surface area (Å²) >= 11 is 0. The van der Waals surface area contributed by atoms with Gasteiger partial charge in [-0.2, -0.15) is 0 Å². The summed E-state index contributed by atoms with van der Waals surface area (Å²) in [6.45, 7) is 8.32. The quantitative estimate of drug-likeness (QED) is 0.769. The number of aliphatic hydroxyl groups is 2. The van der Waals surface area contributed by atoms with Gasteiger partial charge in [-0.3, -0.25) is 0 Å². The Labute approximate surface area is 150 Å². The first-order valence-electron chi connectivity index (χ1n) is 8.62. The van der Waals surface area contributed by atoms with Crippen LogP contribution in [0.2, 0.25) is 0 Å². The van der Waals surface area contributed by atoms with Gasteiger partial charge in [0.25, 0.3) is 0 Å². The molecule has 2 atom stereocenters. The van der Waals surface area contributed by atoms with Gasteiger partial charge in [-0.1, -0.05) is 38.1 Å². The maximum absolute atomic E-state index is 9.29. The average Bonchev–Trinajstić information content (AvgIpc) is 2.59. The molecule has 0 saturated carbocycles. The summed E-state index contributed by atoms with van der Waals surface area (Å²) in [6.07, 6.45) is -0.962. The third kappa shape index (κ3) is 5.48. The van der Waals surface area contributed by atoms with Crippen molar-refractivity contribution in [3.63, 3.8) is 0 Å². The van der Waals surface area contributed by atoms with Gasteiger partial charge in [0.1, 0.15) is 24.7 Å². The summed E-state index contributed by atoms with van der Waals surface area (Å²) in [6, 6.07) is 15.9. The van der Waals surface area contributed by atoms with Gasteiger partial charge in [-0.15, -0.1) is 0 Å². The van der Waals surface area contributed by atoms with Gasteiger partial charge in [0.05, 0.1) is 12.2 Å². The number of ether oxygens (including phenoxy) is 2. The van der Waals surface area contributed by atoms with Crippen LogP contribution in [0, 0.1) is 0 Å². The van der Waals surface area contributed by atoms with E-state index in [-0.39, 0.29) is 18.6 Å². The minimum absolute atomic E-state index is 0.161. The summed E-state index contributed by atoms with van der Waals surface area (Å²) in [5, 5.41) is 18.6. The molecule has 0 amide bonds. The van der Waals surface area contributed by atoms with E-state index >= 15 is 0 Å². The summed E-state index contributed by atoms with van der Waals surface area (Å²) in [7, 11) is 0. The zero-order valence-corrected chi connectivity index (χ0v) is 15.4. The van der Waals surface area contributed by atoms with E-state index < -0.39 is 12.2 Å². The normalized spacial score (nSPS) is 14.0. The van der Waals surface area contributed by atoms with Gasteiger partial charge in [0.15, 0.2) is 0 Å². The molecule has 4 heteroatoms. The SMILES string of the molecule is C[C@H](O)COc1ccc(C(C)(C)c2ccc(OC[C@@H](C)O)cc2)cc1. The fourth-order valence-electron chi connectivity index (χ4n) is 2.54. The second-order valence-electron chi connectivity index (χ2n) is 6.99. The standard InChI is InChI=1S/C21H28O4/c1-15(22)13-24-19-9-5-17(6-10-19)21(3,4)18-7-11-20(12-8-18)25-14-16(2)23/h5-12,15-16,22-23H,13-14H2,1-4H3/t15-,16+. The molecule has 136 valence electrons. The predicted molar refractivity (Wildman–Crippen MR) is 99.4 cm³/mol. The van der Waals surface area contributed by atoms with E-state index in [1.807, 2.05) is 24.3 Å². The van der Waals surface area contributed by atoms with Crippen molar-refractivity contribution >= 4 is 0 Å². The van der Waals surface area contributed by atoms with Gasteiger partial charge < -0.3 is 19.7 Å². The minimum Gasteiger partial charge on any atom is -0.491 e. The van der Waals surface area contributed by atoms with E-state index in [2.05, 4.69) is 38.1 Å². The minimum atomic E-state index is -0.481. The first-order chi connectivity index (χ1) is 11.8. The fraction of sp³-hybridized carbons (Fsp3) is 0.429. The van der Waals surface area contributed by atoms with Crippen molar-refractivity contribution in [2.75, 3.05) is 13.2 Å². The number of rotatable bonds is 8. The molecule has 2 N–H and O–H groups in total. The Kier molecular flexibility index (Phi) is 6.45. The van der Waals surface area contributed by atoms with E-state index in [1.165, 1.54) is 11.1 Å². The molecule has 0 heterocycles. The molecular formula is C21H28O4. The predicted octanol–water partition coefficient (Wildman–Crippen LogP) is 3.53. The van der Waals surface area contributed by atoms with Crippen LogP contribution in [0.5, 0.6) is 11.5 Å². The highest BCUT2D eigenvalue weighted by Gasteiger charge is 2.23. The van der Waals surface area contributed by atoms with Gasteiger partial charge in [0.2, 0.25) is 0 Å². The highest BCUT2D eigenvalue weighted by Crippen LogP contribution is 2.33. The Morgan fingerprint density at radius 1 is 0.720 bits per heavy atom. The summed E-state index contributed by atoms with van der Waals surface area (Å²) in [5.41, 5.74) is 2.19. The average molecular weight is 344 g/mol. The molecule has 0 bridgehead atoms. The van der Waals surface area contributed by atoms with E-state index in [0.717, 1.165) is 11.5 Å². The number of benzene rings is 2. The van der Waals surface area contributed by atoms with Gasteiger partial charge in [-0.05, 0) is 49.2 Å². The summed E-state index contributed by atoms with van der Waals surface area (Å²) in [4.78, 5) is 0. The third-order valence-corrected chi connectivity index (χ3v) is 4.13. The molecule has 2 aromatic carbocycles. The summed E-state index contributed by atoms with van der Waals surface area (Å²) in [5.74, 6) is 1.50. The molecule has 0 fully saturated rings. The molecule has 25 heavy (non-hydrogen) atoms. The van der Waals surface area contributed by atoms with E-state index in [1.54, 1.807) is 13.8 Å². The zero-order chi connectivity index (χ0) is 18.4. The van der Waals surface area contributed by atoms with Crippen LogP contribution in [-0.4, -0.2) is 35.6 Å². The van der Waals surface area contributed by atoms with Crippen molar-refractivity contribution in [2.45, 2.75) is 45.3 Å². The first-order valence-corrected chi connectivity index (χ1v) is 8.62. The molecule has 4 nitrogen and oxygen atoms in total. The topological polar surface area (TPSA) is 58.9 Å². The molecule has 0 aromatic heterocycles. The van der Waals surface area contributed by atoms with Crippen molar-refractivity contribution in [1.29, 1.82) is 0 Å². The second kappa shape index (κ2) is 8.37. The van der Waals surface area contributed by atoms with Crippen molar-refractivity contribution < 1.29 is 19.7 Å². The highest BCUT2D eigenvalue weighted by molar-refractivity contribution is 5.41. The Bertz CT molecular complexity index is 585. The molecule has 2 aromatic rings. The highest BCUT2D eigenvalue weighted by atomic mass is 16.5. The Morgan fingerprint density at radius 3 is 1.32 bits per heavy atom. The van der Waals surface area contributed by atoms with Crippen molar-refractivity contribution in [3.8, 4) is 11.5 Å². The zero-order valence-electron chi connectivity index (χ0n) is 15.4. The van der Waals surface area contributed by atoms with E-state index in [0.29, 0.717) is 0 Å². The maximum atomic E-state index is 9.29. The molecule has 0 aliphatic carbocycles. The van der Waals surface area contributed by atoms with Crippen LogP contribution in [0.1, 0.15) is 38.8 Å². The van der Waals surface area contributed by atoms with E-state index in [4.69, 9.17) is 9.47 Å². The lowest BCUT2D eigenvalue weighted by molar-refractivity contribution is 0.122. The second-order valence-corrected chi connectivity index (χ2v) is 6.99. The molecule has 0 unspecified atom stereocenters.